The van der Waals surface area contributed by atoms with E-state index in [2.05, 4.69) is 5.32 Å². The molecule has 1 aromatic carbocycles. The molecule has 1 fully saturated rings. The molecule has 1 heterocycles. The lowest BCUT2D eigenvalue weighted by molar-refractivity contribution is -0.127. The van der Waals surface area contributed by atoms with Crippen molar-refractivity contribution in [3.05, 3.63) is 34.9 Å². The zero-order chi connectivity index (χ0) is 17.5. The first-order valence-corrected chi connectivity index (χ1v) is 8.56. The molecule has 2 amide bonds. The van der Waals surface area contributed by atoms with E-state index in [1.807, 2.05) is 42.1 Å². The molecule has 0 unspecified atom stereocenters. The maximum atomic E-state index is 11.8. The van der Waals surface area contributed by atoms with Gasteiger partial charge in [-0.2, -0.15) is 0 Å². The van der Waals surface area contributed by atoms with Crippen molar-refractivity contribution in [1.82, 2.24) is 10.2 Å². The number of benzene rings is 1. The molecule has 2 rings (SSSR count). The van der Waals surface area contributed by atoms with Crippen LogP contribution in [0.1, 0.15) is 24.8 Å². The maximum absolute atomic E-state index is 11.8. The molecule has 1 aromatic rings. The van der Waals surface area contributed by atoms with Crippen molar-refractivity contribution in [2.75, 3.05) is 38.6 Å². The van der Waals surface area contributed by atoms with Gasteiger partial charge in [-0.25, -0.2) is 0 Å². The lowest BCUT2D eigenvalue weighted by Crippen LogP contribution is -2.29. The number of hydrogen-bond donors (Lipinski definition) is 1. The molecule has 1 aliphatic rings. The molecule has 0 aromatic heterocycles. The standard InChI is InChI=1S/C18H24ClN3O2/c1-21(2)15-8-6-14(16(19)13-15)7-9-17(23)20-10-4-12-22-11-3-5-18(22)24/h6-9,13H,3-5,10-12H2,1-2H3,(H,20,23). The molecule has 1 N–H and O–H groups in total. The molecule has 0 radical (unpaired) electrons. The summed E-state index contributed by atoms with van der Waals surface area (Å²) in [4.78, 5) is 27.1. The summed E-state index contributed by atoms with van der Waals surface area (Å²) in [6.45, 7) is 2.11. The maximum Gasteiger partial charge on any atom is 0.244 e. The van der Waals surface area contributed by atoms with Gasteiger partial charge in [-0.05, 0) is 36.6 Å². The zero-order valence-electron chi connectivity index (χ0n) is 14.2. The van der Waals surface area contributed by atoms with Crippen LogP contribution in [0.4, 0.5) is 5.69 Å². The van der Waals surface area contributed by atoms with E-state index in [0.29, 0.717) is 24.5 Å². The number of halogens is 1. The molecular formula is C18H24ClN3O2. The zero-order valence-corrected chi connectivity index (χ0v) is 15.0. The minimum absolute atomic E-state index is 0.157. The number of anilines is 1. The van der Waals surface area contributed by atoms with Gasteiger partial charge in [0, 0.05) is 56.9 Å². The van der Waals surface area contributed by atoms with Crippen LogP contribution < -0.4 is 10.2 Å². The first kappa shape index (κ1) is 18.3. The van der Waals surface area contributed by atoms with Gasteiger partial charge in [0.2, 0.25) is 11.8 Å². The summed E-state index contributed by atoms with van der Waals surface area (Å²) in [6, 6.07) is 5.71. The molecule has 24 heavy (non-hydrogen) atoms. The van der Waals surface area contributed by atoms with Crippen LogP contribution in [0.15, 0.2) is 24.3 Å². The Bertz CT molecular complexity index is 629. The van der Waals surface area contributed by atoms with Crippen LogP contribution in [-0.2, 0) is 9.59 Å². The van der Waals surface area contributed by atoms with E-state index in [0.717, 1.165) is 30.6 Å². The van der Waals surface area contributed by atoms with E-state index >= 15 is 0 Å². The van der Waals surface area contributed by atoms with Crippen molar-refractivity contribution in [2.45, 2.75) is 19.3 Å². The molecule has 0 atom stereocenters. The number of hydrogen-bond acceptors (Lipinski definition) is 3. The molecule has 0 bridgehead atoms. The van der Waals surface area contributed by atoms with Crippen molar-refractivity contribution in [1.29, 1.82) is 0 Å². The lowest BCUT2D eigenvalue weighted by atomic mass is 10.2. The summed E-state index contributed by atoms with van der Waals surface area (Å²) < 4.78 is 0. The number of carbonyl (C=O) groups excluding carboxylic acids is 2. The Morgan fingerprint density at radius 1 is 1.42 bits per heavy atom. The Balaban J connectivity index is 1.75. The average molecular weight is 350 g/mol. The predicted molar refractivity (Wildman–Crippen MR) is 98.3 cm³/mol. The quantitative estimate of drug-likeness (QED) is 0.608. The molecule has 0 aliphatic carbocycles. The monoisotopic (exact) mass is 349 g/mol. The van der Waals surface area contributed by atoms with Gasteiger partial charge in [-0.3, -0.25) is 9.59 Å². The molecule has 1 saturated heterocycles. The van der Waals surface area contributed by atoms with Crippen molar-refractivity contribution in [3.8, 4) is 0 Å². The Hall–Kier alpha value is -2.01. The van der Waals surface area contributed by atoms with Gasteiger partial charge in [-0.15, -0.1) is 0 Å². The molecule has 0 spiro atoms. The summed E-state index contributed by atoms with van der Waals surface area (Å²) in [5.41, 5.74) is 1.82. The van der Waals surface area contributed by atoms with E-state index < -0.39 is 0 Å². The van der Waals surface area contributed by atoms with Crippen LogP contribution in [0.2, 0.25) is 5.02 Å². The summed E-state index contributed by atoms with van der Waals surface area (Å²) in [6.07, 6.45) is 5.56. The van der Waals surface area contributed by atoms with Crippen LogP contribution in [0.25, 0.3) is 6.08 Å². The van der Waals surface area contributed by atoms with Crippen molar-refractivity contribution in [2.24, 2.45) is 0 Å². The molecule has 130 valence electrons. The molecule has 0 saturated carbocycles. The van der Waals surface area contributed by atoms with E-state index in [-0.39, 0.29) is 11.8 Å². The number of amides is 2. The first-order valence-electron chi connectivity index (χ1n) is 8.18. The fourth-order valence-electron chi connectivity index (χ4n) is 2.58. The summed E-state index contributed by atoms with van der Waals surface area (Å²) >= 11 is 6.22. The highest BCUT2D eigenvalue weighted by molar-refractivity contribution is 6.32. The van der Waals surface area contributed by atoms with E-state index in [1.165, 1.54) is 6.08 Å². The number of nitrogens with one attached hydrogen (secondary N) is 1. The van der Waals surface area contributed by atoms with Crippen molar-refractivity contribution < 1.29 is 9.59 Å². The van der Waals surface area contributed by atoms with Gasteiger partial charge in [0.1, 0.15) is 0 Å². The smallest absolute Gasteiger partial charge is 0.244 e. The van der Waals surface area contributed by atoms with Gasteiger partial charge in [-0.1, -0.05) is 17.7 Å². The largest absolute Gasteiger partial charge is 0.378 e. The lowest BCUT2D eigenvalue weighted by Gasteiger charge is -2.15. The summed E-state index contributed by atoms with van der Waals surface area (Å²) in [7, 11) is 3.90. The molecular weight excluding hydrogens is 326 g/mol. The number of rotatable bonds is 7. The van der Waals surface area contributed by atoms with Crippen LogP contribution in [0.3, 0.4) is 0 Å². The summed E-state index contributed by atoms with van der Waals surface area (Å²) in [5, 5.41) is 3.43. The third-order valence-corrected chi connectivity index (χ3v) is 4.32. The second kappa shape index (κ2) is 8.73. The third kappa shape index (κ3) is 5.27. The van der Waals surface area contributed by atoms with E-state index in [9.17, 15) is 9.59 Å². The number of nitrogens with zero attached hydrogens (tertiary/aromatic N) is 2. The predicted octanol–water partition coefficient (Wildman–Crippen LogP) is 2.55. The van der Waals surface area contributed by atoms with Crippen LogP contribution in [-0.4, -0.2) is 50.4 Å². The molecule has 5 nitrogen and oxygen atoms in total. The van der Waals surface area contributed by atoms with Gasteiger partial charge in [0.05, 0.1) is 0 Å². The normalized spacial score (nSPS) is 14.5. The minimum Gasteiger partial charge on any atom is -0.378 e. The minimum atomic E-state index is -0.157. The number of carbonyl (C=O) groups is 2. The highest BCUT2D eigenvalue weighted by atomic mass is 35.5. The van der Waals surface area contributed by atoms with Crippen LogP contribution >= 0.6 is 11.6 Å². The highest BCUT2D eigenvalue weighted by Crippen LogP contribution is 2.23. The third-order valence-electron chi connectivity index (χ3n) is 3.99. The Morgan fingerprint density at radius 2 is 2.21 bits per heavy atom. The Morgan fingerprint density at radius 3 is 2.83 bits per heavy atom. The Kier molecular flexibility index (Phi) is 6.67. The Labute approximate surface area is 148 Å². The van der Waals surface area contributed by atoms with Gasteiger partial charge in [0.25, 0.3) is 0 Å². The topological polar surface area (TPSA) is 52.7 Å². The second-order valence-electron chi connectivity index (χ2n) is 6.06. The van der Waals surface area contributed by atoms with E-state index in [1.54, 1.807) is 6.08 Å². The van der Waals surface area contributed by atoms with Crippen molar-refractivity contribution >= 4 is 35.2 Å². The molecule has 6 heteroatoms. The molecule has 1 aliphatic heterocycles. The SMILES string of the molecule is CN(C)c1ccc(C=CC(=O)NCCCN2CCCC2=O)c(Cl)c1. The average Bonchev–Trinajstić information content (AvgIpc) is 2.95. The fourth-order valence-corrected chi connectivity index (χ4v) is 2.81. The van der Waals surface area contributed by atoms with Crippen LogP contribution in [0, 0.1) is 0 Å². The second-order valence-corrected chi connectivity index (χ2v) is 6.47. The van der Waals surface area contributed by atoms with Crippen molar-refractivity contribution in [3.63, 3.8) is 0 Å². The number of likely N-dealkylation sites (tertiary alicyclic amines) is 1. The van der Waals surface area contributed by atoms with E-state index in [4.69, 9.17) is 11.6 Å². The van der Waals surface area contributed by atoms with Crippen LogP contribution in [0.5, 0.6) is 0 Å². The first-order chi connectivity index (χ1) is 11.5. The van der Waals surface area contributed by atoms with Gasteiger partial charge < -0.3 is 15.1 Å². The highest BCUT2D eigenvalue weighted by Gasteiger charge is 2.18. The summed E-state index contributed by atoms with van der Waals surface area (Å²) in [5.74, 6) is 0.0625. The van der Waals surface area contributed by atoms with Gasteiger partial charge in [0.15, 0.2) is 0 Å². The fraction of sp³-hybridized carbons (Fsp3) is 0.444. The van der Waals surface area contributed by atoms with Gasteiger partial charge >= 0.3 is 0 Å².